The van der Waals surface area contributed by atoms with Gasteiger partial charge in [-0.05, 0) is 0 Å². The minimum absolute atomic E-state index is 1.26. The van der Waals surface area contributed by atoms with E-state index < -0.39 is 21.6 Å². The van der Waals surface area contributed by atoms with Gasteiger partial charge in [0.15, 0.2) is 0 Å². The Morgan fingerprint density at radius 1 is 0.542 bits per heavy atom. The first-order chi connectivity index (χ1) is 11.5. The summed E-state index contributed by atoms with van der Waals surface area (Å²) in [5.74, 6) is 0. The topological polar surface area (TPSA) is 0 Å². The molecule has 0 aliphatic rings. The van der Waals surface area contributed by atoms with Crippen LogP contribution in [-0.4, -0.2) is 21.6 Å². The Kier molecular flexibility index (Phi) is 5.13. The van der Waals surface area contributed by atoms with E-state index in [4.69, 9.17) is 0 Å². The van der Waals surface area contributed by atoms with Crippen molar-refractivity contribution >= 4 is 34.7 Å². The molecule has 0 bridgehead atoms. The average molecular weight is 393 g/mol. The van der Waals surface area contributed by atoms with Gasteiger partial charge in [-0.2, -0.15) is 0 Å². The maximum absolute atomic E-state index is 2.51. The Morgan fingerprint density at radius 3 is 1.08 bits per heavy atom. The molecule has 0 spiro atoms. The predicted octanol–water partition coefficient (Wildman–Crippen LogP) is 4.03. The van der Waals surface area contributed by atoms with Crippen LogP contribution in [0.1, 0.15) is 0 Å². The quantitative estimate of drug-likeness (QED) is 0.574. The molecular formula is C22H26AsSi+. The summed E-state index contributed by atoms with van der Waals surface area (Å²) in [6.07, 6.45) is 0. The second-order valence-corrected chi connectivity index (χ2v) is 21.6. The molecule has 0 N–H and O–H groups in total. The Bertz CT molecular complexity index is 665. The molecule has 0 aliphatic carbocycles. The van der Waals surface area contributed by atoms with Gasteiger partial charge in [0.1, 0.15) is 0 Å². The van der Waals surface area contributed by atoms with Gasteiger partial charge in [0, 0.05) is 0 Å². The summed E-state index contributed by atoms with van der Waals surface area (Å²) in [5.41, 5.74) is 0. The molecule has 3 rings (SSSR count). The first kappa shape index (κ1) is 17.3. The number of hydrogen-bond acceptors (Lipinski definition) is 0. The van der Waals surface area contributed by atoms with Crippen molar-refractivity contribution < 1.29 is 0 Å². The third-order valence-electron chi connectivity index (χ3n) is 4.30. The van der Waals surface area contributed by atoms with Gasteiger partial charge in [0.05, 0.1) is 0 Å². The number of hydrogen-bond donors (Lipinski definition) is 0. The SMILES string of the molecule is C[Si](C)(C)C[As+](c1ccccc1)(c1ccccc1)c1ccccc1. The Balaban J connectivity index is 2.33. The Morgan fingerprint density at radius 2 is 0.833 bits per heavy atom. The minimum atomic E-state index is -2.45. The van der Waals surface area contributed by atoms with Gasteiger partial charge < -0.3 is 0 Å². The van der Waals surface area contributed by atoms with Gasteiger partial charge in [-0.1, -0.05) is 0 Å². The molecule has 0 fully saturated rings. The summed E-state index contributed by atoms with van der Waals surface area (Å²) in [7, 11) is -1.26. The number of rotatable bonds is 5. The van der Waals surface area contributed by atoms with Crippen LogP contribution in [0.3, 0.4) is 0 Å². The first-order valence-corrected chi connectivity index (χ1v) is 16.4. The van der Waals surface area contributed by atoms with Crippen molar-refractivity contribution in [2.75, 3.05) is 0 Å². The van der Waals surface area contributed by atoms with Crippen LogP contribution in [0.15, 0.2) is 91.0 Å². The molecule has 0 aromatic heterocycles. The van der Waals surface area contributed by atoms with Gasteiger partial charge in [-0.25, -0.2) is 0 Å². The van der Waals surface area contributed by atoms with Crippen LogP contribution in [0.2, 0.25) is 24.5 Å². The fourth-order valence-corrected chi connectivity index (χ4v) is 24.0. The molecule has 0 radical (unpaired) electrons. The van der Waals surface area contributed by atoms with E-state index in [1.165, 1.54) is 4.83 Å². The molecule has 3 aromatic carbocycles. The zero-order chi connectivity index (χ0) is 17.0. The molecule has 0 amide bonds. The second-order valence-electron chi connectivity index (χ2n) is 7.54. The standard InChI is InChI=1S/C22H26AsSi/c1-24(2,3)19-23(20-13-7-4-8-14-20,21-15-9-5-10-16-21)22-17-11-6-12-18-22/h4-18H,19H2,1-3H3/q+1. The van der Waals surface area contributed by atoms with Crippen molar-refractivity contribution in [3.8, 4) is 0 Å². The molecular weight excluding hydrogens is 367 g/mol. The van der Waals surface area contributed by atoms with Crippen LogP contribution in [0.25, 0.3) is 0 Å². The van der Waals surface area contributed by atoms with E-state index in [1.54, 1.807) is 13.1 Å². The molecule has 0 saturated heterocycles. The predicted molar refractivity (Wildman–Crippen MR) is 112 cm³/mol. The normalized spacial score (nSPS) is 12.1. The van der Waals surface area contributed by atoms with Crippen molar-refractivity contribution in [3.63, 3.8) is 0 Å². The van der Waals surface area contributed by atoms with E-state index in [9.17, 15) is 0 Å². The van der Waals surface area contributed by atoms with Crippen molar-refractivity contribution in [3.05, 3.63) is 91.0 Å². The van der Waals surface area contributed by atoms with E-state index in [0.29, 0.717) is 0 Å². The molecule has 0 nitrogen and oxygen atoms in total. The van der Waals surface area contributed by atoms with Gasteiger partial charge in [-0.3, -0.25) is 0 Å². The molecule has 3 aromatic rings. The van der Waals surface area contributed by atoms with Crippen LogP contribution >= 0.6 is 0 Å². The Hall–Kier alpha value is -1.56. The number of benzene rings is 3. The summed E-state index contributed by atoms with van der Waals surface area (Å²) in [6, 6.07) is 33.9. The fraction of sp³-hybridized carbons (Fsp3) is 0.182. The summed E-state index contributed by atoms with van der Waals surface area (Å²) >= 11 is -2.45. The molecule has 2 heteroatoms. The molecule has 0 aliphatic heterocycles. The average Bonchev–Trinajstić information content (AvgIpc) is 2.61. The van der Waals surface area contributed by atoms with Crippen LogP contribution in [-0.2, 0) is 0 Å². The van der Waals surface area contributed by atoms with E-state index >= 15 is 0 Å². The van der Waals surface area contributed by atoms with E-state index in [1.807, 2.05) is 0 Å². The van der Waals surface area contributed by atoms with Crippen molar-refractivity contribution in [1.82, 2.24) is 0 Å². The molecule has 0 saturated carbocycles. The molecule has 0 atom stereocenters. The van der Waals surface area contributed by atoms with Crippen LogP contribution in [0, 0.1) is 0 Å². The van der Waals surface area contributed by atoms with Crippen LogP contribution in [0.5, 0.6) is 0 Å². The zero-order valence-corrected chi connectivity index (χ0v) is 17.7. The van der Waals surface area contributed by atoms with E-state index in [2.05, 4.69) is 111 Å². The molecule has 122 valence electrons. The first-order valence-electron chi connectivity index (χ1n) is 8.57. The third-order valence-corrected chi connectivity index (χ3v) is 22.1. The second kappa shape index (κ2) is 7.13. The summed E-state index contributed by atoms with van der Waals surface area (Å²) in [5, 5.41) is 0. The monoisotopic (exact) mass is 393 g/mol. The van der Waals surface area contributed by atoms with Crippen LogP contribution in [0.4, 0.5) is 0 Å². The van der Waals surface area contributed by atoms with Crippen molar-refractivity contribution in [2.45, 2.75) is 24.5 Å². The molecule has 24 heavy (non-hydrogen) atoms. The van der Waals surface area contributed by atoms with E-state index in [0.717, 1.165) is 0 Å². The summed E-state index contributed by atoms with van der Waals surface area (Å²) in [4.78, 5) is 1.36. The maximum atomic E-state index is 2.51. The summed E-state index contributed by atoms with van der Waals surface area (Å²) < 4.78 is 4.70. The van der Waals surface area contributed by atoms with Crippen molar-refractivity contribution in [2.24, 2.45) is 0 Å². The van der Waals surface area contributed by atoms with Crippen LogP contribution < -0.4 is 13.1 Å². The summed E-state index contributed by atoms with van der Waals surface area (Å²) in [6.45, 7) is 7.54. The van der Waals surface area contributed by atoms with Gasteiger partial charge in [0.25, 0.3) is 0 Å². The van der Waals surface area contributed by atoms with Gasteiger partial charge in [0.2, 0.25) is 0 Å². The van der Waals surface area contributed by atoms with E-state index in [-0.39, 0.29) is 0 Å². The zero-order valence-electron chi connectivity index (χ0n) is 14.8. The third kappa shape index (κ3) is 3.58. The van der Waals surface area contributed by atoms with Gasteiger partial charge >= 0.3 is 150 Å². The fourth-order valence-electron chi connectivity index (χ4n) is 3.48. The van der Waals surface area contributed by atoms with Gasteiger partial charge in [-0.15, -0.1) is 0 Å². The molecule has 0 unspecified atom stereocenters. The Labute approximate surface area is 150 Å². The van der Waals surface area contributed by atoms with Crippen molar-refractivity contribution in [1.29, 1.82) is 0 Å². The molecule has 0 heterocycles.